The van der Waals surface area contributed by atoms with Gasteiger partial charge in [-0.2, -0.15) is 5.10 Å². The molecule has 0 bridgehead atoms. The molecule has 0 spiro atoms. The smallest absolute Gasteiger partial charge is 0.251 e. The van der Waals surface area contributed by atoms with Crippen LogP contribution in [0.3, 0.4) is 0 Å². The predicted molar refractivity (Wildman–Crippen MR) is 53.5 cm³/mol. The summed E-state index contributed by atoms with van der Waals surface area (Å²) in [6.07, 6.45) is 1.83. The Balaban J connectivity index is 2.79. The molecule has 1 aliphatic rings. The number of rotatable bonds is 3. The van der Waals surface area contributed by atoms with Gasteiger partial charge in [0, 0.05) is 0 Å². The SMILES string of the molecule is CCC1=NN(C(C)CC)C(=O)C1C. The van der Waals surface area contributed by atoms with Gasteiger partial charge in [-0.3, -0.25) is 4.79 Å². The first-order valence-electron chi connectivity index (χ1n) is 5.02. The molecule has 0 aromatic rings. The molecule has 74 valence electrons. The third kappa shape index (κ3) is 1.74. The lowest BCUT2D eigenvalue weighted by atomic mass is 10.0. The molecule has 0 aromatic carbocycles. The van der Waals surface area contributed by atoms with Crippen LogP contribution in [0.15, 0.2) is 5.10 Å². The minimum absolute atomic E-state index is 0.000926. The van der Waals surface area contributed by atoms with E-state index in [0.717, 1.165) is 18.6 Å². The van der Waals surface area contributed by atoms with Crippen LogP contribution in [0, 0.1) is 5.92 Å². The minimum Gasteiger partial charge on any atom is -0.272 e. The number of nitrogens with zero attached hydrogens (tertiary/aromatic N) is 2. The number of carbonyl (C=O) groups excluding carboxylic acids is 1. The van der Waals surface area contributed by atoms with Gasteiger partial charge in [0.05, 0.1) is 17.7 Å². The molecular formula is C10H18N2O. The van der Waals surface area contributed by atoms with Gasteiger partial charge in [0.1, 0.15) is 0 Å². The topological polar surface area (TPSA) is 32.7 Å². The van der Waals surface area contributed by atoms with Gasteiger partial charge in [-0.05, 0) is 26.7 Å². The Hall–Kier alpha value is -0.860. The van der Waals surface area contributed by atoms with E-state index in [2.05, 4.69) is 12.0 Å². The Morgan fingerprint density at radius 3 is 2.54 bits per heavy atom. The molecule has 3 nitrogen and oxygen atoms in total. The zero-order valence-electron chi connectivity index (χ0n) is 8.87. The van der Waals surface area contributed by atoms with E-state index in [0.29, 0.717) is 0 Å². The van der Waals surface area contributed by atoms with Crippen molar-refractivity contribution < 1.29 is 4.79 Å². The highest BCUT2D eigenvalue weighted by Crippen LogP contribution is 2.20. The van der Waals surface area contributed by atoms with Crippen molar-refractivity contribution >= 4 is 11.6 Å². The Morgan fingerprint density at radius 1 is 1.54 bits per heavy atom. The monoisotopic (exact) mass is 182 g/mol. The van der Waals surface area contributed by atoms with Gasteiger partial charge in [0.15, 0.2) is 0 Å². The molecule has 0 saturated heterocycles. The quantitative estimate of drug-likeness (QED) is 0.657. The second-order valence-corrected chi connectivity index (χ2v) is 3.61. The molecule has 0 fully saturated rings. The third-order valence-electron chi connectivity index (χ3n) is 2.70. The molecule has 0 aliphatic carbocycles. The first-order valence-corrected chi connectivity index (χ1v) is 5.02. The van der Waals surface area contributed by atoms with Crippen LogP contribution in [0.1, 0.15) is 40.5 Å². The van der Waals surface area contributed by atoms with Gasteiger partial charge in [-0.15, -0.1) is 0 Å². The number of hydrogen-bond acceptors (Lipinski definition) is 2. The lowest BCUT2D eigenvalue weighted by Crippen LogP contribution is -2.32. The van der Waals surface area contributed by atoms with E-state index in [4.69, 9.17) is 0 Å². The third-order valence-corrected chi connectivity index (χ3v) is 2.70. The zero-order chi connectivity index (χ0) is 10.0. The Kier molecular flexibility index (Phi) is 3.07. The van der Waals surface area contributed by atoms with Crippen molar-refractivity contribution in [2.45, 2.75) is 46.6 Å². The molecule has 2 atom stereocenters. The fourth-order valence-corrected chi connectivity index (χ4v) is 1.48. The summed E-state index contributed by atoms with van der Waals surface area (Å²) in [5, 5.41) is 5.98. The van der Waals surface area contributed by atoms with Crippen molar-refractivity contribution in [1.82, 2.24) is 5.01 Å². The summed E-state index contributed by atoms with van der Waals surface area (Å²) in [6.45, 7) is 8.09. The highest BCUT2D eigenvalue weighted by molar-refractivity contribution is 6.07. The maximum absolute atomic E-state index is 11.7. The second-order valence-electron chi connectivity index (χ2n) is 3.61. The molecular weight excluding hydrogens is 164 g/mol. The lowest BCUT2D eigenvalue weighted by molar-refractivity contribution is -0.133. The molecule has 1 amide bonds. The largest absolute Gasteiger partial charge is 0.272 e. The fourth-order valence-electron chi connectivity index (χ4n) is 1.48. The molecule has 0 aromatic heterocycles. The number of hydrogen-bond donors (Lipinski definition) is 0. The van der Waals surface area contributed by atoms with Gasteiger partial charge >= 0.3 is 0 Å². The summed E-state index contributed by atoms with van der Waals surface area (Å²) in [7, 11) is 0. The second kappa shape index (κ2) is 3.90. The molecule has 2 unspecified atom stereocenters. The van der Waals surface area contributed by atoms with Gasteiger partial charge in [0.25, 0.3) is 5.91 Å². The molecule has 1 aliphatic heterocycles. The van der Waals surface area contributed by atoms with Gasteiger partial charge in [-0.1, -0.05) is 13.8 Å². The number of carbonyl (C=O) groups is 1. The molecule has 13 heavy (non-hydrogen) atoms. The van der Waals surface area contributed by atoms with Crippen LogP contribution in [0.2, 0.25) is 0 Å². The van der Waals surface area contributed by atoms with Crippen molar-refractivity contribution in [3.05, 3.63) is 0 Å². The Labute approximate surface area is 79.8 Å². The summed E-state index contributed by atoms with van der Waals surface area (Å²) in [5.74, 6) is 0.158. The van der Waals surface area contributed by atoms with Crippen molar-refractivity contribution in [2.75, 3.05) is 0 Å². The summed E-state index contributed by atoms with van der Waals surface area (Å²) >= 11 is 0. The average Bonchev–Trinajstić information content (AvgIpc) is 2.43. The van der Waals surface area contributed by atoms with E-state index >= 15 is 0 Å². The average molecular weight is 182 g/mol. The summed E-state index contributed by atoms with van der Waals surface area (Å²) in [6, 6.07) is 0.235. The van der Waals surface area contributed by atoms with Gasteiger partial charge < -0.3 is 0 Å². The van der Waals surface area contributed by atoms with Crippen molar-refractivity contribution in [3.63, 3.8) is 0 Å². The van der Waals surface area contributed by atoms with Crippen LogP contribution in [-0.4, -0.2) is 22.7 Å². The Morgan fingerprint density at radius 2 is 2.15 bits per heavy atom. The highest BCUT2D eigenvalue weighted by atomic mass is 16.2. The van der Waals surface area contributed by atoms with Crippen LogP contribution >= 0.6 is 0 Å². The maximum Gasteiger partial charge on any atom is 0.251 e. The number of amides is 1. The van der Waals surface area contributed by atoms with Crippen LogP contribution in [0.4, 0.5) is 0 Å². The van der Waals surface area contributed by atoms with E-state index < -0.39 is 0 Å². The molecule has 0 radical (unpaired) electrons. The minimum atomic E-state index is -0.000926. The summed E-state index contributed by atoms with van der Waals surface area (Å²) in [5.41, 5.74) is 1.02. The van der Waals surface area contributed by atoms with Crippen molar-refractivity contribution in [3.8, 4) is 0 Å². The van der Waals surface area contributed by atoms with E-state index in [1.54, 1.807) is 5.01 Å². The lowest BCUT2D eigenvalue weighted by Gasteiger charge is -2.19. The molecule has 0 N–H and O–H groups in total. The molecule has 1 heterocycles. The zero-order valence-corrected chi connectivity index (χ0v) is 8.87. The van der Waals surface area contributed by atoms with E-state index in [9.17, 15) is 4.79 Å². The number of hydrazone groups is 1. The van der Waals surface area contributed by atoms with E-state index in [1.165, 1.54) is 0 Å². The first-order chi connectivity index (χ1) is 6.11. The molecule has 3 heteroatoms. The summed E-state index contributed by atoms with van der Waals surface area (Å²) in [4.78, 5) is 11.7. The molecule has 1 rings (SSSR count). The van der Waals surface area contributed by atoms with Gasteiger partial charge in [0.2, 0.25) is 0 Å². The van der Waals surface area contributed by atoms with Crippen molar-refractivity contribution in [2.24, 2.45) is 11.0 Å². The van der Waals surface area contributed by atoms with Crippen molar-refractivity contribution in [1.29, 1.82) is 0 Å². The van der Waals surface area contributed by atoms with Crippen LogP contribution < -0.4 is 0 Å². The van der Waals surface area contributed by atoms with Crippen LogP contribution in [0.5, 0.6) is 0 Å². The van der Waals surface area contributed by atoms with Gasteiger partial charge in [-0.25, -0.2) is 5.01 Å². The molecule has 0 saturated carbocycles. The standard InChI is InChI=1S/C10H18N2O/c1-5-7(3)12-10(13)8(4)9(6-2)11-12/h7-8H,5-6H2,1-4H3. The van der Waals surface area contributed by atoms with E-state index in [1.807, 2.05) is 20.8 Å². The van der Waals surface area contributed by atoms with Crippen LogP contribution in [0.25, 0.3) is 0 Å². The normalized spacial score (nSPS) is 24.9. The summed E-state index contributed by atoms with van der Waals surface area (Å²) < 4.78 is 0. The van der Waals surface area contributed by atoms with E-state index in [-0.39, 0.29) is 17.9 Å². The highest BCUT2D eigenvalue weighted by Gasteiger charge is 2.32. The predicted octanol–water partition coefficient (Wildman–Crippen LogP) is 2.03. The maximum atomic E-state index is 11.7. The first kappa shape index (κ1) is 10.2. The fraction of sp³-hybridized carbons (Fsp3) is 0.800. The van der Waals surface area contributed by atoms with Crippen LogP contribution in [-0.2, 0) is 4.79 Å². The Bertz CT molecular complexity index is 235.